The summed E-state index contributed by atoms with van der Waals surface area (Å²) in [5.74, 6) is 1.45. The highest BCUT2D eigenvalue weighted by Crippen LogP contribution is 2.38. The van der Waals surface area contributed by atoms with Gasteiger partial charge < -0.3 is 14.8 Å². The molecule has 3 aliphatic heterocycles. The van der Waals surface area contributed by atoms with Crippen LogP contribution in [0.15, 0.2) is 30.5 Å². The van der Waals surface area contributed by atoms with E-state index in [1.165, 1.54) is 6.42 Å². The molecule has 3 fully saturated rings. The topological polar surface area (TPSA) is 56.4 Å². The zero-order valence-corrected chi connectivity index (χ0v) is 15.0. The third kappa shape index (κ3) is 2.61. The number of nitrogens with zero attached hydrogens (tertiary/aromatic N) is 2. The molecule has 0 aliphatic carbocycles. The number of carbonyl (C=O) groups excluding carboxylic acids is 2. The quantitative estimate of drug-likeness (QED) is 0.904. The molecule has 5 heteroatoms. The third-order valence-electron chi connectivity index (χ3n) is 6.55. The third-order valence-corrected chi connectivity index (χ3v) is 6.55. The summed E-state index contributed by atoms with van der Waals surface area (Å²) in [7, 11) is 0. The van der Waals surface area contributed by atoms with E-state index in [9.17, 15) is 9.59 Å². The van der Waals surface area contributed by atoms with Crippen molar-refractivity contribution in [1.29, 1.82) is 0 Å². The molecule has 26 heavy (non-hydrogen) atoms. The number of hydrogen-bond donors (Lipinski definition) is 1. The maximum atomic E-state index is 13.0. The van der Waals surface area contributed by atoms with Crippen molar-refractivity contribution < 1.29 is 9.59 Å². The number of benzene rings is 1. The Bertz CT molecular complexity index is 858. The number of piperidine rings is 3. The fourth-order valence-corrected chi connectivity index (χ4v) is 5.37. The van der Waals surface area contributed by atoms with Gasteiger partial charge in [0, 0.05) is 49.2 Å². The maximum absolute atomic E-state index is 13.0. The molecule has 5 rings (SSSR count). The van der Waals surface area contributed by atoms with Crippen LogP contribution >= 0.6 is 0 Å². The molecule has 2 aromatic rings. The lowest BCUT2D eigenvalue weighted by atomic mass is 9.76. The molecule has 2 bridgehead atoms. The second-order valence-corrected chi connectivity index (χ2v) is 8.20. The number of carbonyl (C=O) groups is 2. The van der Waals surface area contributed by atoms with Crippen molar-refractivity contribution in [3.8, 4) is 0 Å². The molecule has 3 aliphatic rings. The van der Waals surface area contributed by atoms with E-state index in [0.717, 1.165) is 48.9 Å². The molecule has 0 spiro atoms. The summed E-state index contributed by atoms with van der Waals surface area (Å²) in [6.45, 7) is 2.46. The van der Waals surface area contributed by atoms with Crippen LogP contribution in [0.1, 0.15) is 31.2 Å². The minimum absolute atomic E-state index is 0.222. The van der Waals surface area contributed by atoms with Crippen LogP contribution in [0.3, 0.4) is 0 Å². The molecule has 136 valence electrons. The number of aromatic amines is 1. The summed E-state index contributed by atoms with van der Waals surface area (Å²) >= 11 is 0. The zero-order chi connectivity index (χ0) is 17.7. The number of aromatic nitrogens is 1. The second kappa shape index (κ2) is 6.15. The van der Waals surface area contributed by atoms with Gasteiger partial charge in [0.25, 0.3) is 0 Å². The molecule has 1 N–H and O–H groups in total. The van der Waals surface area contributed by atoms with Crippen molar-refractivity contribution in [3.05, 3.63) is 36.0 Å². The van der Waals surface area contributed by atoms with Crippen molar-refractivity contribution >= 4 is 22.7 Å². The van der Waals surface area contributed by atoms with Crippen molar-refractivity contribution in [1.82, 2.24) is 14.8 Å². The van der Waals surface area contributed by atoms with Gasteiger partial charge in [-0.2, -0.15) is 0 Å². The lowest BCUT2D eigenvalue weighted by Gasteiger charge is -2.52. The molecule has 3 saturated heterocycles. The van der Waals surface area contributed by atoms with Crippen LogP contribution in [0.2, 0.25) is 0 Å². The van der Waals surface area contributed by atoms with Gasteiger partial charge in [0.1, 0.15) is 0 Å². The van der Waals surface area contributed by atoms with Gasteiger partial charge in [-0.15, -0.1) is 0 Å². The first-order chi connectivity index (χ1) is 12.7. The van der Waals surface area contributed by atoms with Crippen molar-refractivity contribution in [2.24, 2.45) is 11.8 Å². The van der Waals surface area contributed by atoms with E-state index in [-0.39, 0.29) is 5.91 Å². The number of hydrogen-bond acceptors (Lipinski definition) is 2. The Kier molecular flexibility index (Phi) is 3.76. The molecule has 2 amide bonds. The van der Waals surface area contributed by atoms with Crippen LogP contribution in [-0.4, -0.2) is 52.3 Å². The number of amides is 2. The molecule has 1 aromatic heterocycles. The van der Waals surface area contributed by atoms with Crippen LogP contribution in [-0.2, 0) is 16.0 Å². The van der Waals surface area contributed by atoms with E-state index in [1.807, 2.05) is 24.4 Å². The minimum atomic E-state index is 0.222. The Balaban J connectivity index is 1.32. The van der Waals surface area contributed by atoms with E-state index < -0.39 is 0 Å². The highest BCUT2D eigenvalue weighted by molar-refractivity contribution is 5.89. The first kappa shape index (κ1) is 15.9. The summed E-state index contributed by atoms with van der Waals surface area (Å²) in [6.07, 6.45) is 6.41. The lowest BCUT2D eigenvalue weighted by Crippen LogP contribution is -2.61. The van der Waals surface area contributed by atoms with E-state index in [2.05, 4.69) is 20.9 Å². The summed E-state index contributed by atoms with van der Waals surface area (Å²) in [6, 6.07) is 8.50. The molecule has 3 atom stereocenters. The standard InChI is InChI=1S/C21H25N3O2/c25-20-7-3-6-19-16-8-14(12-24(19)20)11-23(13-16)21(26)9-15-10-22-18-5-2-1-4-17(15)18/h1-2,4-5,10,14,16,19,22H,3,6-9,11-13H2/t14-,16+,19-/m1/s1. The highest BCUT2D eigenvalue weighted by atomic mass is 16.2. The van der Waals surface area contributed by atoms with Gasteiger partial charge >= 0.3 is 0 Å². The number of para-hydroxylation sites is 1. The van der Waals surface area contributed by atoms with E-state index >= 15 is 0 Å². The van der Waals surface area contributed by atoms with Gasteiger partial charge in [-0.1, -0.05) is 18.2 Å². The summed E-state index contributed by atoms with van der Waals surface area (Å²) in [5, 5.41) is 1.14. The summed E-state index contributed by atoms with van der Waals surface area (Å²) in [4.78, 5) is 32.7. The highest BCUT2D eigenvalue weighted by Gasteiger charge is 2.44. The lowest BCUT2D eigenvalue weighted by molar-refractivity contribution is -0.148. The first-order valence-corrected chi connectivity index (χ1v) is 9.81. The van der Waals surface area contributed by atoms with Gasteiger partial charge in [0.15, 0.2) is 0 Å². The van der Waals surface area contributed by atoms with Crippen LogP contribution in [0.5, 0.6) is 0 Å². The van der Waals surface area contributed by atoms with Crippen LogP contribution in [0.4, 0.5) is 0 Å². The van der Waals surface area contributed by atoms with Crippen LogP contribution < -0.4 is 0 Å². The SMILES string of the molecule is O=C(Cc1c[nH]c2ccccc12)N1C[C@H]2C[C@@H](C1)[C@H]1CCCC(=O)N1C2. The van der Waals surface area contributed by atoms with Crippen LogP contribution in [0.25, 0.3) is 10.9 Å². The average molecular weight is 351 g/mol. The van der Waals surface area contributed by atoms with Crippen LogP contribution in [0, 0.1) is 11.8 Å². The number of nitrogens with one attached hydrogen (secondary N) is 1. The smallest absolute Gasteiger partial charge is 0.227 e. The number of likely N-dealkylation sites (tertiary alicyclic amines) is 1. The van der Waals surface area contributed by atoms with Gasteiger partial charge in [0.2, 0.25) is 11.8 Å². The fourth-order valence-electron chi connectivity index (χ4n) is 5.37. The Hall–Kier alpha value is -2.30. The Morgan fingerprint density at radius 2 is 2.08 bits per heavy atom. The Morgan fingerprint density at radius 1 is 1.19 bits per heavy atom. The minimum Gasteiger partial charge on any atom is -0.361 e. The Morgan fingerprint density at radius 3 is 3.00 bits per heavy atom. The molecule has 0 unspecified atom stereocenters. The van der Waals surface area contributed by atoms with Crippen molar-refractivity contribution in [2.45, 2.75) is 38.1 Å². The van der Waals surface area contributed by atoms with Gasteiger partial charge in [-0.05, 0) is 42.7 Å². The monoisotopic (exact) mass is 351 g/mol. The van der Waals surface area contributed by atoms with Gasteiger partial charge in [-0.25, -0.2) is 0 Å². The molecule has 0 saturated carbocycles. The molecular weight excluding hydrogens is 326 g/mol. The second-order valence-electron chi connectivity index (χ2n) is 8.20. The predicted octanol–water partition coefficient (Wildman–Crippen LogP) is 2.57. The van der Waals surface area contributed by atoms with Crippen molar-refractivity contribution in [3.63, 3.8) is 0 Å². The summed E-state index contributed by atoms with van der Waals surface area (Å²) in [5.41, 5.74) is 2.16. The number of rotatable bonds is 2. The van der Waals surface area contributed by atoms with E-state index in [0.29, 0.717) is 36.6 Å². The predicted molar refractivity (Wildman–Crippen MR) is 99.5 cm³/mol. The van der Waals surface area contributed by atoms with E-state index in [4.69, 9.17) is 0 Å². The molecule has 1 aromatic carbocycles. The number of H-pyrrole nitrogens is 1. The number of fused-ring (bicyclic) bond motifs is 5. The maximum Gasteiger partial charge on any atom is 0.227 e. The van der Waals surface area contributed by atoms with Crippen molar-refractivity contribution in [2.75, 3.05) is 19.6 Å². The molecular formula is C21H25N3O2. The Labute approximate surface area is 153 Å². The van der Waals surface area contributed by atoms with E-state index in [1.54, 1.807) is 0 Å². The molecule has 0 radical (unpaired) electrons. The fraction of sp³-hybridized carbons (Fsp3) is 0.524. The molecule has 4 heterocycles. The summed E-state index contributed by atoms with van der Waals surface area (Å²) < 4.78 is 0. The largest absolute Gasteiger partial charge is 0.361 e. The first-order valence-electron chi connectivity index (χ1n) is 9.81. The van der Waals surface area contributed by atoms with Gasteiger partial charge in [-0.3, -0.25) is 9.59 Å². The average Bonchev–Trinajstić information content (AvgIpc) is 3.05. The zero-order valence-electron chi connectivity index (χ0n) is 15.0. The van der Waals surface area contributed by atoms with Gasteiger partial charge in [0.05, 0.1) is 6.42 Å². The molecule has 5 nitrogen and oxygen atoms in total. The normalized spacial score (nSPS) is 28.3.